The minimum absolute atomic E-state index is 0.0938. The Hall–Kier alpha value is -2.30. The molecular weight excluding hydrogens is 322 g/mol. The summed E-state index contributed by atoms with van der Waals surface area (Å²) in [4.78, 5) is 2.19. The van der Waals surface area contributed by atoms with Gasteiger partial charge >= 0.3 is 11.4 Å². The minimum Gasteiger partial charge on any atom is -0.236 e. The molecular formula is C21H33N5+4. The van der Waals surface area contributed by atoms with Gasteiger partial charge in [0.2, 0.25) is 0 Å². The molecule has 26 heavy (non-hydrogen) atoms. The molecule has 0 aromatic carbocycles. The van der Waals surface area contributed by atoms with Crippen LogP contribution in [-0.2, 0) is 0 Å². The standard InChI is InChI=1S/C11H18N2.C10H15N3/c1-11-7-4-3-5-9-13(11)10-6-8-12(11)2;1-10-11(2)6-4-8-13(10)9-5-7-12(10)3/h3-4,8-9H,5-7,10H2,1-2H3;4-9H,1-3H3/q2*+2/t11-;/m1./s1. The van der Waals surface area contributed by atoms with E-state index in [0.717, 1.165) is 12.8 Å². The molecule has 0 fully saturated rings. The third kappa shape index (κ3) is 3.11. The monoisotopic (exact) mass is 355 g/mol. The van der Waals surface area contributed by atoms with Crippen molar-refractivity contribution in [3.63, 3.8) is 0 Å². The van der Waals surface area contributed by atoms with Gasteiger partial charge in [-0.3, -0.25) is 0 Å². The van der Waals surface area contributed by atoms with Gasteiger partial charge in [-0.2, -0.15) is 18.3 Å². The zero-order valence-electron chi connectivity index (χ0n) is 16.8. The molecule has 4 aliphatic rings. The second kappa shape index (κ2) is 7.14. The van der Waals surface area contributed by atoms with Crippen LogP contribution in [0.25, 0.3) is 0 Å². The van der Waals surface area contributed by atoms with Crippen LogP contribution in [0.3, 0.4) is 0 Å². The third-order valence-corrected chi connectivity index (χ3v) is 6.22. The number of fused-ring (bicyclic) bond motifs is 2. The number of nitrogens with zero attached hydrogens (tertiary/aromatic N) is 5. The summed E-state index contributed by atoms with van der Waals surface area (Å²) in [6, 6.07) is 0. The fraction of sp³-hybridized carbons (Fsp3) is 0.524. The molecule has 4 heterocycles. The van der Waals surface area contributed by atoms with E-state index in [-0.39, 0.29) is 11.4 Å². The van der Waals surface area contributed by atoms with E-state index < -0.39 is 0 Å². The first-order valence-corrected chi connectivity index (χ1v) is 9.48. The van der Waals surface area contributed by atoms with E-state index >= 15 is 0 Å². The molecule has 0 N–H and O–H groups in total. The Labute approximate surface area is 157 Å². The number of hydrogen-bond acceptors (Lipinski definition) is 1. The maximum atomic E-state index is 2.48. The molecule has 1 atom stereocenters. The SMILES string of the molecule is C[N+]1=CC=CN2C=CC=[N+](C)C21C.C[N+]1=CCC[N+]2=CCC=CC[C@]12C. The first-order valence-electron chi connectivity index (χ1n) is 9.48. The van der Waals surface area contributed by atoms with Crippen LogP contribution >= 0.6 is 0 Å². The highest BCUT2D eigenvalue weighted by atomic mass is 15.5. The van der Waals surface area contributed by atoms with Gasteiger partial charge < -0.3 is 0 Å². The van der Waals surface area contributed by atoms with Crippen LogP contribution in [0, 0.1) is 0 Å². The molecule has 0 aromatic rings. The molecule has 4 rings (SSSR count). The van der Waals surface area contributed by atoms with Gasteiger partial charge in [0.25, 0.3) is 0 Å². The Kier molecular flexibility index (Phi) is 5.08. The lowest BCUT2D eigenvalue weighted by Crippen LogP contribution is -2.59. The normalized spacial score (nSPS) is 28.4. The van der Waals surface area contributed by atoms with Crippen LogP contribution in [0.5, 0.6) is 0 Å². The van der Waals surface area contributed by atoms with Crippen LogP contribution < -0.4 is 0 Å². The second-order valence-electron chi connectivity index (χ2n) is 7.67. The molecule has 0 aromatic heterocycles. The van der Waals surface area contributed by atoms with E-state index in [0.29, 0.717) is 0 Å². The molecule has 0 saturated carbocycles. The first kappa shape index (κ1) is 18.5. The van der Waals surface area contributed by atoms with Gasteiger partial charge in [-0.25, -0.2) is 4.90 Å². The predicted octanol–water partition coefficient (Wildman–Crippen LogP) is 1.70. The van der Waals surface area contributed by atoms with Crippen LogP contribution in [0.2, 0.25) is 0 Å². The lowest BCUT2D eigenvalue weighted by molar-refractivity contribution is -0.825. The van der Waals surface area contributed by atoms with Gasteiger partial charge in [0.05, 0.1) is 26.7 Å². The smallest absolute Gasteiger partial charge is 0.236 e. The molecule has 0 unspecified atom stereocenters. The van der Waals surface area contributed by atoms with Gasteiger partial charge in [0.1, 0.15) is 27.4 Å². The van der Waals surface area contributed by atoms with E-state index in [2.05, 4.69) is 108 Å². The predicted molar refractivity (Wildman–Crippen MR) is 108 cm³/mol. The van der Waals surface area contributed by atoms with Crippen molar-refractivity contribution in [2.24, 2.45) is 0 Å². The molecule has 0 spiro atoms. The molecule has 0 aliphatic carbocycles. The quantitative estimate of drug-likeness (QED) is 0.477. The summed E-state index contributed by atoms with van der Waals surface area (Å²) in [6.45, 7) is 5.67. The Morgan fingerprint density at radius 3 is 2.12 bits per heavy atom. The molecule has 0 radical (unpaired) electrons. The molecule has 5 nitrogen and oxygen atoms in total. The fourth-order valence-corrected chi connectivity index (χ4v) is 3.92. The van der Waals surface area contributed by atoms with Crippen molar-refractivity contribution in [1.29, 1.82) is 0 Å². The van der Waals surface area contributed by atoms with Gasteiger partial charge in [0.15, 0.2) is 25.2 Å². The Morgan fingerprint density at radius 2 is 1.50 bits per heavy atom. The lowest BCUT2D eigenvalue weighted by Gasteiger charge is -2.32. The summed E-state index contributed by atoms with van der Waals surface area (Å²) < 4.78 is 9.20. The zero-order valence-corrected chi connectivity index (χ0v) is 16.8. The highest BCUT2D eigenvalue weighted by molar-refractivity contribution is 5.69. The first-order chi connectivity index (χ1) is 12.4. The van der Waals surface area contributed by atoms with Crippen molar-refractivity contribution in [2.75, 3.05) is 27.7 Å². The molecule has 5 heteroatoms. The van der Waals surface area contributed by atoms with E-state index in [4.69, 9.17) is 0 Å². The molecule has 0 amide bonds. The summed E-state index contributed by atoms with van der Waals surface area (Å²) in [7, 11) is 6.35. The highest BCUT2D eigenvalue weighted by Crippen LogP contribution is 2.22. The topological polar surface area (TPSA) is 15.3 Å². The average Bonchev–Trinajstić information content (AvgIpc) is 2.81. The Bertz CT molecular complexity index is 748. The van der Waals surface area contributed by atoms with Crippen molar-refractivity contribution in [3.05, 3.63) is 36.7 Å². The lowest BCUT2D eigenvalue weighted by atomic mass is 10.1. The summed E-state index contributed by atoms with van der Waals surface area (Å²) in [5.74, 6) is -0.0938. The van der Waals surface area contributed by atoms with Gasteiger partial charge in [0, 0.05) is 31.0 Å². The average molecular weight is 356 g/mol. The summed E-state index contributed by atoms with van der Waals surface area (Å²) in [5.41, 5.74) is 0.186. The molecule has 4 aliphatic heterocycles. The fourth-order valence-electron chi connectivity index (χ4n) is 3.92. The van der Waals surface area contributed by atoms with Crippen molar-refractivity contribution < 1.29 is 18.3 Å². The van der Waals surface area contributed by atoms with E-state index in [1.165, 1.54) is 13.0 Å². The van der Waals surface area contributed by atoms with Crippen LogP contribution in [0.4, 0.5) is 0 Å². The number of rotatable bonds is 0. The molecule has 0 bridgehead atoms. The number of hydrogen-bond donors (Lipinski definition) is 0. The Balaban J connectivity index is 0.000000151. The summed E-state index contributed by atoms with van der Waals surface area (Å²) in [5, 5.41) is 0. The van der Waals surface area contributed by atoms with E-state index in [1.54, 1.807) is 0 Å². The second-order valence-corrected chi connectivity index (χ2v) is 7.67. The molecule has 138 valence electrons. The maximum Gasteiger partial charge on any atom is 0.438 e. The van der Waals surface area contributed by atoms with Crippen molar-refractivity contribution >= 4 is 24.9 Å². The van der Waals surface area contributed by atoms with Crippen LogP contribution in [-0.4, -0.2) is 87.2 Å². The van der Waals surface area contributed by atoms with E-state index in [9.17, 15) is 0 Å². The summed E-state index contributed by atoms with van der Waals surface area (Å²) in [6.07, 6.45) is 25.0. The third-order valence-electron chi connectivity index (χ3n) is 6.22. The van der Waals surface area contributed by atoms with Crippen LogP contribution in [0.15, 0.2) is 36.7 Å². The highest BCUT2D eigenvalue weighted by Gasteiger charge is 2.50. The molecule has 0 saturated heterocycles. The van der Waals surface area contributed by atoms with Crippen molar-refractivity contribution in [2.45, 2.75) is 44.6 Å². The minimum atomic E-state index is -0.0938. The van der Waals surface area contributed by atoms with Gasteiger partial charge in [-0.1, -0.05) is 12.2 Å². The number of allylic oxidation sites excluding steroid dienone is 3. The van der Waals surface area contributed by atoms with Gasteiger partial charge in [-0.15, -0.1) is 0 Å². The zero-order chi connectivity index (χ0) is 18.8. The van der Waals surface area contributed by atoms with Crippen molar-refractivity contribution in [1.82, 2.24) is 4.90 Å². The van der Waals surface area contributed by atoms with Crippen molar-refractivity contribution in [3.8, 4) is 0 Å². The van der Waals surface area contributed by atoms with Crippen LogP contribution in [0.1, 0.15) is 33.1 Å². The summed E-state index contributed by atoms with van der Waals surface area (Å²) >= 11 is 0. The maximum absolute atomic E-state index is 2.48. The van der Waals surface area contributed by atoms with E-state index in [1.807, 2.05) is 12.2 Å². The van der Waals surface area contributed by atoms with Gasteiger partial charge in [-0.05, 0) is 0 Å². The Morgan fingerprint density at radius 1 is 0.846 bits per heavy atom. The largest absolute Gasteiger partial charge is 0.438 e.